The molecule has 2 rings (SSSR count). The summed E-state index contributed by atoms with van der Waals surface area (Å²) < 4.78 is 6.06. The van der Waals surface area contributed by atoms with Crippen molar-refractivity contribution in [1.82, 2.24) is 0 Å². The molecule has 0 spiro atoms. The second-order valence-corrected chi connectivity index (χ2v) is 10.7. The van der Waals surface area contributed by atoms with Crippen molar-refractivity contribution >= 4 is 39.0 Å². The van der Waals surface area contributed by atoms with Gasteiger partial charge in [0.05, 0.1) is 12.2 Å². The van der Waals surface area contributed by atoms with Crippen molar-refractivity contribution in [2.75, 3.05) is 6.61 Å². The predicted octanol–water partition coefficient (Wildman–Crippen LogP) is 5.39. The molecular weight excluding hydrogens is 504 g/mol. The lowest BCUT2D eigenvalue weighted by molar-refractivity contribution is -0.142. The van der Waals surface area contributed by atoms with Crippen molar-refractivity contribution in [2.45, 2.75) is 71.0 Å². The van der Waals surface area contributed by atoms with E-state index in [0.29, 0.717) is 25.7 Å². The van der Waals surface area contributed by atoms with Crippen LogP contribution in [0.25, 0.3) is 0 Å². The Morgan fingerprint density at radius 1 is 1.33 bits per heavy atom. The van der Waals surface area contributed by atoms with Crippen LogP contribution in [0.3, 0.4) is 0 Å². The highest BCUT2D eigenvalue weighted by molar-refractivity contribution is 9.10. The van der Waals surface area contributed by atoms with Crippen molar-refractivity contribution in [3.63, 3.8) is 0 Å². The Kier molecular flexibility index (Phi) is 11.7. The number of hydrogen-bond donors (Lipinski definition) is 2. The van der Waals surface area contributed by atoms with E-state index in [4.69, 9.17) is 4.74 Å². The van der Waals surface area contributed by atoms with Gasteiger partial charge in [0.15, 0.2) is 0 Å². The van der Waals surface area contributed by atoms with Gasteiger partial charge in [-0.05, 0) is 67.4 Å². The van der Waals surface area contributed by atoms with E-state index in [9.17, 15) is 19.8 Å². The third-order valence-corrected chi connectivity index (χ3v) is 8.35. The molecule has 1 aliphatic rings. The SMILES string of the molecule is C=CCOC(=O)CCC/C=C\C[C@H]1C(=O)C[C@@H](O)[C@@H]1/C=C/[C@@H](O)CCc1c(C)sc(C)c1Br. The molecule has 2 N–H and O–H groups in total. The minimum Gasteiger partial charge on any atom is -0.461 e. The molecule has 1 saturated carbocycles. The second kappa shape index (κ2) is 14.0. The summed E-state index contributed by atoms with van der Waals surface area (Å²) >= 11 is 5.38. The third-order valence-electron chi connectivity index (χ3n) is 5.95. The number of carbonyl (C=O) groups excluding carboxylic acids is 2. The summed E-state index contributed by atoms with van der Waals surface area (Å²) in [6, 6.07) is 0. The lowest BCUT2D eigenvalue weighted by atomic mass is 9.90. The highest BCUT2D eigenvalue weighted by Crippen LogP contribution is 2.34. The molecule has 4 atom stereocenters. The lowest BCUT2D eigenvalue weighted by Crippen LogP contribution is -2.19. The molecule has 7 heteroatoms. The normalized spacial score (nSPS) is 21.8. The lowest BCUT2D eigenvalue weighted by Gasteiger charge is -2.16. The molecule has 0 amide bonds. The van der Waals surface area contributed by atoms with Crippen LogP contribution in [0.4, 0.5) is 0 Å². The zero-order valence-electron chi connectivity index (χ0n) is 19.5. The zero-order chi connectivity index (χ0) is 24.4. The fourth-order valence-electron chi connectivity index (χ4n) is 4.11. The number of aliphatic hydroxyl groups excluding tert-OH is 2. The maximum atomic E-state index is 12.4. The molecule has 1 aliphatic carbocycles. The molecular formula is C26H35BrO5S. The molecule has 1 heterocycles. The summed E-state index contributed by atoms with van der Waals surface area (Å²) in [6.45, 7) is 7.90. The summed E-state index contributed by atoms with van der Waals surface area (Å²) in [5.41, 5.74) is 1.23. The van der Waals surface area contributed by atoms with Crippen LogP contribution in [0.5, 0.6) is 0 Å². The summed E-state index contributed by atoms with van der Waals surface area (Å²) in [5, 5.41) is 20.8. The first-order valence-electron chi connectivity index (χ1n) is 11.5. The van der Waals surface area contributed by atoms with Gasteiger partial charge >= 0.3 is 5.97 Å². The van der Waals surface area contributed by atoms with Gasteiger partial charge in [0.25, 0.3) is 0 Å². The number of Topliss-reactive ketones (excluding diaryl/α,β-unsaturated/α-hetero) is 1. The Bertz CT molecular complexity index is 872. The van der Waals surface area contributed by atoms with Crippen molar-refractivity contribution < 1.29 is 24.5 Å². The van der Waals surface area contributed by atoms with Gasteiger partial charge in [-0.3, -0.25) is 9.59 Å². The fourth-order valence-corrected chi connectivity index (χ4v) is 5.98. The highest BCUT2D eigenvalue weighted by atomic mass is 79.9. The number of rotatable bonds is 13. The van der Waals surface area contributed by atoms with Crippen LogP contribution in [0.15, 0.2) is 41.4 Å². The number of aryl methyl sites for hydroxylation is 2. The largest absolute Gasteiger partial charge is 0.461 e. The number of aliphatic hydroxyl groups is 2. The summed E-state index contributed by atoms with van der Waals surface area (Å²) in [7, 11) is 0. The van der Waals surface area contributed by atoms with Crippen molar-refractivity contribution in [2.24, 2.45) is 11.8 Å². The number of carbonyl (C=O) groups is 2. The number of esters is 1. The van der Waals surface area contributed by atoms with E-state index in [1.54, 1.807) is 23.5 Å². The molecule has 1 fully saturated rings. The van der Waals surface area contributed by atoms with E-state index in [2.05, 4.69) is 36.4 Å². The molecule has 0 radical (unpaired) electrons. The van der Waals surface area contributed by atoms with E-state index in [1.807, 2.05) is 18.2 Å². The summed E-state index contributed by atoms with van der Waals surface area (Å²) in [5.74, 6) is -0.758. The van der Waals surface area contributed by atoms with E-state index in [0.717, 1.165) is 17.3 Å². The minimum absolute atomic E-state index is 0.0533. The molecule has 1 aromatic rings. The second-order valence-electron chi connectivity index (χ2n) is 8.49. The van der Waals surface area contributed by atoms with E-state index < -0.39 is 12.2 Å². The Morgan fingerprint density at radius 2 is 2.09 bits per heavy atom. The van der Waals surface area contributed by atoms with Crippen LogP contribution in [0.2, 0.25) is 0 Å². The molecule has 5 nitrogen and oxygen atoms in total. The number of ketones is 1. The zero-order valence-corrected chi connectivity index (χ0v) is 21.9. The van der Waals surface area contributed by atoms with Crippen LogP contribution >= 0.6 is 27.3 Å². The van der Waals surface area contributed by atoms with E-state index >= 15 is 0 Å². The summed E-state index contributed by atoms with van der Waals surface area (Å²) in [4.78, 5) is 26.3. The quantitative estimate of drug-likeness (QED) is 0.200. The first-order chi connectivity index (χ1) is 15.7. The Labute approximate surface area is 209 Å². The molecule has 0 bridgehead atoms. The van der Waals surface area contributed by atoms with Gasteiger partial charge in [-0.15, -0.1) is 11.3 Å². The first-order valence-corrected chi connectivity index (χ1v) is 13.1. The van der Waals surface area contributed by atoms with Gasteiger partial charge < -0.3 is 14.9 Å². The average molecular weight is 540 g/mol. The van der Waals surface area contributed by atoms with Crippen LogP contribution in [-0.4, -0.2) is 40.8 Å². The standard InChI is InChI=1S/C26H35BrO5S/c1-4-15-32-25(31)10-8-6-5-7-9-21-22(24(30)16-23(21)29)14-12-19(28)11-13-20-17(2)33-18(3)26(20)27/h4-5,7,12,14,19,21-22,24,28,30H,1,6,8-11,13,15-16H2,2-3H3/b7-5-,14-12+/t19-,21+,22+,24+/m0/s1. The number of thiophene rings is 1. The molecule has 0 aliphatic heterocycles. The highest BCUT2D eigenvalue weighted by Gasteiger charge is 2.39. The Hall–Kier alpha value is -1.54. The van der Waals surface area contributed by atoms with Gasteiger partial charge in [-0.25, -0.2) is 0 Å². The number of allylic oxidation sites excluding steroid dienone is 2. The molecule has 33 heavy (non-hydrogen) atoms. The maximum absolute atomic E-state index is 12.4. The Balaban J connectivity index is 1.82. The van der Waals surface area contributed by atoms with Gasteiger partial charge in [0.1, 0.15) is 12.4 Å². The number of halogens is 1. The molecule has 1 aromatic heterocycles. The molecule has 182 valence electrons. The van der Waals surface area contributed by atoms with Crippen LogP contribution < -0.4 is 0 Å². The number of hydrogen-bond acceptors (Lipinski definition) is 6. The van der Waals surface area contributed by atoms with Crippen molar-refractivity contribution in [3.05, 3.63) is 56.7 Å². The van der Waals surface area contributed by atoms with Crippen LogP contribution in [0, 0.1) is 25.7 Å². The Morgan fingerprint density at radius 3 is 2.76 bits per heavy atom. The van der Waals surface area contributed by atoms with Crippen molar-refractivity contribution in [3.8, 4) is 0 Å². The molecule has 0 aromatic carbocycles. The van der Waals surface area contributed by atoms with Gasteiger partial charge in [0.2, 0.25) is 0 Å². The third kappa shape index (κ3) is 8.63. The van der Waals surface area contributed by atoms with Gasteiger partial charge in [-0.2, -0.15) is 0 Å². The smallest absolute Gasteiger partial charge is 0.306 e. The van der Waals surface area contributed by atoms with Crippen molar-refractivity contribution in [1.29, 1.82) is 0 Å². The topological polar surface area (TPSA) is 83.8 Å². The first kappa shape index (κ1) is 27.7. The van der Waals surface area contributed by atoms with E-state index in [-0.39, 0.29) is 36.6 Å². The fraction of sp³-hybridized carbons (Fsp3) is 0.538. The van der Waals surface area contributed by atoms with Crippen LogP contribution in [-0.2, 0) is 20.7 Å². The monoisotopic (exact) mass is 538 g/mol. The van der Waals surface area contributed by atoms with Crippen LogP contribution in [0.1, 0.15) is 53.8 Å². The number of ether oxygens (including phenoxy) is 1. The maximum Gasteiger partial charge on any atom is 0.306 e. The summed E-state index contributed by atoms with van der Waals surface area (Å²) in [6.07, 6.45) is 11.5. The number of unbranched alkanes of at least 4 members (excludes halogenated alkanes) is 1. The van der Waals surface area contributed by atoms with E-state index in [1.165, 1.54) is 15.3 Å². The average Bonchev–Trinajstić information content (AvgIpc) is 3.18. The van der Waals surface area contributed by atoms with Gasteiger partial charge in [-0.1, -0.05) is 37.0 Å². The molecule has 0 saturated heterocycles. The molecule has 0 unspecified atom stereocenters. The van der Waals surface area contributed by atoms with Gasteiger partial charge in [0, 0.05) is 38.9 Å². The minimum atomic E-state index is -0.713. The predicted molar refractivity (Wildman–Crippen MR) is 136 cm³/mol.